The third-order valence-electron chi connectivity index (χ3n) is 3.31. The Balaban J connectivity index is 1.79. The molecule has 0 saturated heterocycles. The van der Waals surface area contributed by atoms with Crippen LogP contribution in [0.25, 0.3) is 10.6 Å². The molecule has 0 spiro atoms. The molecule has 1 N–H and O–H groups in total. The number of carbonyl (C=O) groups excluding carboxylic acids is 1. The molecular weight excluding hydrogens is 310 g/mol. The fraction of sp³-hybridized carbons (Fsp3) is 0.118. The Morgan fingerprint density at radius 2 is 2.09 bits per heavy atom. The van der Waals surface area contributed by atoms with Gasteiger partial charge in [-0.3, -0.25) is 9.78 Å². The minimum Gasteiger partial charge on any atom is -0.481 e. The van der Waals surface area contributed by atoms with Gasteiger partial charge in [-0.1, -0.05) is 6.07 Å². The molecular formula is C17H15N3O2S. The third kappa shape index (κ3) is 3.37. The maximum absolute atomic E-state index is 12.4. The molecule has 3 heterocycles. The van der Waals surface area contributed by atoms with Gasteiger partial charge in [-0.25, -0.2) is 4.98 Å². The largest absolute Gasteiger partial charge is 0.481 e. The molecule has 0 aromatic carbocycles. The van der Waals surface area contributed by atoms with Gasteiger partial charge >= 0.3 is 0 Å². The topological polar surface area (TPSA) is 64.1 Å². The molecule has 0 aliphatic carbocycles. The average molecular weight is 325 g/mol. The van der Waals surface area contributed by atoms with Gasteiger partial charge in [0.15, 0.2) is 0 Å². The molecule has 0 fully saturated rings. The number of carbonyl (C=O) groups is 1. The molecule has 0 unspecified atom stereocenters. The van der Waals surface area contributed by atoms with Gasteiger partial charge in [0.25, 0.3) is 5.91 Å². The lowest BCUT2D eigenvalue weighted by atomic mass is 10.1. The third-order valence-corrected chi connectivity index (χ3v) is 4.20. The van der Waals surface area contributed by atoms with Crippen LogP contribution in [-0.4, -0.2) is 23.0 Å². The van der Waals surface area contributed by atoms with Crippen molar-refractivity contribution >= 4 is 22.9 Å². The SMILES string of the molecule is COc1ccc(NC(=O)c2ccc(-c3cccs3)nc2C)cn1. The number of hydrogen-bond acceptors (Lipinski definition) is 5. The molecule has 23 heavy (non-hydrogen) atoms. The molecule has 0 aliphatic rings. The van der Waals surface area contributed by atoms with Crippen molar-refractivity contribution in [3.63, 3.8) is 0 Å². The molecule has 0 aliphatic heterocycles. The zero-order valence-corrected chi connectivity index (χ0v) is 13.6. The van der Waals surface area contributed by atoms with E-state index in [1.165, 1.54) is 0 Å². The molecule has 1 amide bonds. The Bertz CT molecular complexity index is 814. The van der Waals surface area contributed by atoms with Crippen LogP contribution in [0.2, 0.25) is 0 Å². The Morgan fingerprint density at radius 3 is 2.70 bits per heavy atom. The molecule has 5 nitrogen and oxygen atoms in total. The van der Waals surface area contributed by atoms with Crippen molar-refractivity contribution in [2.75, 3.05) is 12.4 Å². The van der Waals surface area contributed by atoms with Crippen LogP contribution in [-0.2, 0) is 0 Å². The van der Waals surface area contributed by atoms with Crippen LogP contribution in [0, 0.1) is 6.92 Å². The highest BCUT2D eigenvalue weighted by Gasteiger charge is 2.12. The molecule has 3 aromatic heterocycles. The Hall–Kier alpha value is -2.73. The number of aromatic nitrogens is 2. The van der Waals surface area contributed by atoms with Gasteiger partial charge in [0.05, 0.1) is 40.8 Å². The predicted octanol–water partition coefficient (Wildman–Crippen LogP) is 3.77. The molecule has 3 aromatic rings. The summed E-state index contributed by atoms with van der Waals surface area (Å²) in [5.41, 5.74) is 2.72. The summed E-state index contributed by atoms with van der Waals surface area (Å²) in [6.45, 7) is 1.83. The molecule has 3 rings (SSSR count). The van der Waals surface area contributed by atoms with Crippen LogP contribution in [0.1, 0.15) is 16.1 Å². The summed E-state index contributed by atoms with van der Waals surface area (Å²) in [6, 6.07) is 11.1. The summed E-state index contributed by atoms with van der Waals surface area (Å²) in [4.78, 5) is 22.0. The number of pyridine rings is 2. The first-order chi connectivity index (χ1) is 11.2. The van der Waals surface area contributed by atoms with E-state index < -0.39 is 0 Å². The van der Waals surface area contributed by atoms with Crippen LogP contribution < -0.4 is 10.1 Å². The lowest BCUT2D eigenvalue weighted by molar-refractivity contribution is 0.102. The number of methoxy groups -OCH3 is 1. The van der Waals surface area contributed by atoms with Crippen molar-refractivity contribution in [1.82, 2.24) is 9.97 Å². The van der Waals surface area contributed by atoms with Crippen molar-refractivity contribution in [2.45, 2.75) is 6.92 Å². The summed E-state index contributed by atoms with van der Waals surface area (Å²) in [6.07, 6.45) is 1.56. The highest BCUT2D eigenvalue weighted by Crippen LogP contribution is 2.24. The van der Waals surface area contributed by atoms with Crippen molar-refractivity contribution < 1.29 is 9.53 Å². The van der Waals surface area contributed by atoms with E-state index in [0.717, 1.165) is 10.6 Å². The zero-order chi connectivity index (χ0) is 16.2. The van der Waals surface area contributed by atoms with Crippen LogP contribution in [0.3, 0.4) is 0 Å². The lowest BCUT2D eigenvalue weighted by Crippen LogP contribution is -2.14. The molecule has 0 bridgehead atoms. The smallest absolute Gasteiger partial charge is 0.257 e. The second kappa shape index (κ2) is 6.58. The molecule has 0 saturated carbocycles. The van der Waals surface area contributed by atoms with E-state index in [0.29, 0.717) is 22.8 Å². The highest BCUT2D eigenvalue weighted by molar-refractivity contribution is 7.13. The summed E-state index contributed by atoms with van der Waals surface area (Å²) in [5.74, 6) is 0.292. The minimum atomic E-state index is -0.209. The van der Waals surface area contributed by atoms with Gasteiger partial charge in [0.2, 0.25) is 5.88 Å². The number of thiophene rings is 1. The quantitative estimate of drug-likeness (QED) is 0.793. The summed E-state index contributed by atoms with van der Waals surface area (Å²) >= 11 is 1.62. The number of anilines is 1. The second-order valence-electron chi connectivity index (χ2n) is 4.85. The monoisotopic (exact) mass is 325 g/mol. The lowest BCUT2D eigenvalue weighted by Gasteiger charge is -2.08. The number of amides is 1. The molecule has 116 valence electrons. The van der Waals surface area contributed by atoms with Gasteiger partial charge in [-0.15, -0.1) is 11.3 Å². The van der Waals surface area contributed by atoms with E-state index in [1.54, 1.807) is 42.8 Å². The minimum absolute atomic E-state index is 0.209. The van der Waals surface area contributed by atoms with Crippen molar-refractivity contribution in [3.05, 3.63) is 59.2 Å². The van der Waals surface area contributed by atoms with Gasteiger partial charge in [-0.2, -0.15) is 0 Å². The molecule has 6 heteroatoms. The van der Waals surface area contributed by atoms with Crippen LogP contribution in [0.15, 0.2) is 48.0 Å². The number of hydrogen-bond donors (Lipinski definition) is 1. The maximum atomic E-state index is 12.4. The number of ether oxygens (including phenoxy) is 1. The van der Waals surface area contributed by atoms with Crippen molar-refractivity contribution in [1.29, 1.82) is 0 Å². The summed E-state index contributed by atoms with van der Waals surface area (Å²) in [7, 11) is 1.55. The van der Waals surface area contributed by atoms with E-state index in [-0.39, 0.29) is 5.91 Å². The van der Waals surface area contributed by atoms with E-state index in [4.69, 9.17) is 4.74 Å². The van der Waals surface area contributed by atoms with Gasteiger partial charge in [-0.05, 0) is 36.6 Å². The first-order valence-electron chi connectivity index (χ1n) is 7.00. The maximum Gasteiger partial charge on any atom is 0.257 e. The number of nitrogens with one attached hydrogen (secondary N) is 1. The van der Waals surface area contributed by atoms with Gasteiger partial charge in [0.1, 0.15) is 0 Å². The second-order valence-corrected chi connectivity index (χ2v) is 5.80. The van der Waals surface area contributed by atoms with E-state index >= 15 is 0 Å². The van der Waals surface area contributed by atoms with Crippen LogP contribution >= 0.6 is 11.3 Å². The fourth-order valence-electron chi connectivity index (χ4n) is 2.14. The standard InChI is InChI=1S/C17H15N3O2S/c1-11-13(6-7-14(19-11)15-4-3-9-23-15)17(21)20-12-5-8-16(22-2)18-10-12/h3-10H,1-2H3,(H,20,21). The Labute approximate surface area is 138 Å². The van der Waals surface area contributed by atoms with E-state index in [9.17, 15) is 4.79 Å². The van der Waals surface area contributed by atoms with Crippen LogP contribution in [0.5, 0.6) is 5.88 Å². The number of aryl methyl sites for hydroxylation is 1. The number of rotatable bonds is 4. The highest BCUT2D eigenvalue weighted by atomic mass is 32.1. The predicted molar refractivity (Wildman–Crippen MR) is 91.0 cm³/mol. The average Bonchev–Trinajstić information content (AvgIpc) is 3.10. The first kappa shape index (κ1) is 15.2. The fourth-order valence-corrected chi connectivity index (χ4v) is 2.83. The van der Waals surface area contributed by atoms with Crippen molar-refractivity contribution in [2.24, 2.45) is 0 Å². The molecule has 0 radical (unpaired) electrons. The van der Waals surface area contributed by atoms with Crippen LogP contribution in [0.4, 0.5) is 5.69 Å². The normalized spacial score (nSPS) is 10.3. The van der Waals surface area contributed by atoms with Gasteiger partial charge < -0.3 is 10.1 Å². The van der Waals surface area contributed by atoms with E-state index in [1.807, 2.05) is 30.5 Å². The summed E-state index contributed by atoms with van der Waals surface area (Å²) in [5, 5.41) is 4.81. The zero-order valence-electron chi connectivity index (χ0n) is 12.7. The number of nitrogens with zero attached hydrogens (tertiary/aromatic N) is 2. The van der Waals surface area contributed by atoms with Crippen molar-refractivity contribution in [3.8, 4) is 16.5 Å². The van der Waals surface area contributed by atoms with Gasteiger partial charge in [0, 0.05) is 6.07 Å². The summed E-state index contributed by atoms with van der Waals surface area (Å²) < 4.78 is 4.99. The van der Waals surface area contributed by atoms with E-state index in [2.05, 4.69) is 15.3 Å². The Morgan fingerprint density at radius 1 is 1.22 bits per heavy atom. The Kier molecular flexibility index (Phi) is 4.34. The first-order valence-corrected chi connectivity index (χ1v) is 7.88. The molecule has 0 atom stereocenters.